The molecule has 2 aliphatic heterocycles. The maximum Gasteiger partial charge on any atom is 0.285 e. The minimum atomic E-state index is -0.722. The molecule has 2 bridgehead atoms. The number of rotatable bonds is 2. The highest BCUT2D eigenvalue weighted by atomic mass is 35.5. The fraction of sp³-hybridized carbons (Fsp3) is 0.500. The lowest BCUT2D eigenvalue weighted by Crippen LogP contribution is -2.47. The van der Waals surface area contributed by atoms with Crippen LogP contribution in [-0.4, -0.2) is 33.2 Å². The summed E-state index contributed by atoms with van der Waals surface area (Å²) >= 11 is 6.17. The number of hydrogen-bond acceptors (Lipinski definition) is 3. The van der Waals surface area contributed by atoms with Crippen LogP contribution in [0.2, 0.25) is 0 Å². The van der Waals surface area contributed by atoms with Crippen molar-refractivity contribution in [1.82, 2.24) is 4.90 Å². The van der Waals surface area contributed by atoms with Gasteiger partial charge in [-0.15, -0.1) is 11.6 Å². The van der Waals surface area contributed by atoms with Crippen LogP contribution in [0.5, 0.6) is 0 Å². The van der Waals surface area contributed by atoms with E-state index in [-0.39, 0.29) is 23.0 Å². The van der Waals surface area contributed by atoms with Gasteiger partial charge < -0.3 is 4.90 Å². The predicted molar refractivity (Wildman–Crippen MR) is 74.9 cm³/mol. The van der Waals surface area contributed by atoms with Crippen molar-refractivity contribution in [3.8, 4) is 0 Å². The van der Waals surface area contributed by atoms with Gasteiger partial charge in [-0.25, -0.2) is 4.39 Å². The molecule has 2 unspecified atom stereocenters. The van der Waals surface area contributed by atoms with Gasteiger partial charge in [0.1, 0.15) is 11.4 Å². The molecule has 2 heterocycles. The number of alkyl halides is 1. The summed E-state index contributed by atoms with van der Waals surface area (Å²) in [5.74, 6) is -1.11. The summed E-state index contributed by atoms with van der Waals surface area (Å²) in [6.45, 7) is 0. The highest BCUT2D eigenvalue weighted by molar-refractivity contribution is 6.20. The smallest absolute Gasteiger partial charge is 0.285 e. The Morgan fingerprint density at radius 3 is 2.52 bits per heavy atom. The molecule has 21 heavy (non-hydrogen) atoms. The number of carbonyl (C=O) groups excluding carboxylic acids is 1. The molecule has 1 aromatic carbocycles. The second-order valence-corrected chi connectivity index (χ2v) is 6.20. The Morgan fingerprint density at radius 2 is 1.95 bits per heavy atom. The fourth-order valence-electron chi connectivity index (χ4n) is 3.42. The Hall–Kier alpha value is -1.69. The summed E-state index contributed by atoms with van der Waals surface area (Å²) < 4.78 is 13.2. The topological polar surface area (TPSA) is 63.4 Å². The monoisotopic (exact) mass is 312 g/mol. The zero-order chi connectivity index (χ0) is 15.1. The number of benzene rings is 1. The lowest BCUT2D eigenvalue weighted by molar-refractivity contribution is -0.385. The first-order valence-corrected chi connectivity index (χ1v) is 7.31. The molecule has 0 saturated carbocycles. The van der Waals surface area contributed by atoms with Gasteiger partial charge in [-0.2, -0.15) is 0 Å². The number of fused-ring (bicyclic) bond motifs is 2. The largest absolute Gasteiger partial charge is 0.332 e. The van der Waals surface area contributed by atoms with Gasteiger partial charge in [0.15, 0.2) is 0 Å². The van der Waals surface area contributed by atoms with Crippen LogP contribution in [0.25, 0.3) is 0 Å². The Balaban J connectivity index is 1.95. The number of hydrogen-bond donors (Lipinski definition) is 0. The zero-order valence-electron chi connectivity index (χ0n) is 11.2. The normalized spacial score (nSPS) is 27.7. The number of nitrogens with zero attached hydrogens (tertiary/aromatic N) is 2. The first-order chi connectivity index (χ1) is 9.97. The van der Waals surface area contributed by atoms with Crippen molar-refractivity contribution in [1.29, 1.82) is 0 Å². The second kappa shape index (κ2) is 5.26. The van der Waals surface area contributed by atoms with Gasteiger partial charge in [0.05, 0.1) is 11.0 Å². The summed E-state index contributed by atoms with van der Waals surface area (Å²) in [6, 6.07) is 3.13. The molecule has 3 rings (SSSR count). The summed E-state index contributed by atoms with van der Waals surface area (Å²) in [6.07, 6.45) is 3.15. The molecule has 0 aliphatic carbocycles. The van der Waals surface area contributed by atoms with Gasteiger partial charge in [-0.05, 0) is 37.8 Å². The minimum Gasteiger partial charge on any atom is -0.332 e. The highest BCUT2D eigenvalue weighted by Gasteiger charge is 2.44. The Bertz CT molecular complexity index is 596. The van der Waals surface area contributed by atoms with Crippen molar-refractivity contribution in [2.75, 3.05) is 0 Å². The van der Waals surface area contributed by atoms with E-state index in [0.29, 0.717) is 12.8 Å². The van der Waals surface area contributed by atoms with Crippen molar-refractivity contribution in [2.24, 2.45) is 0 Å². The number of nitro benzene ring substituents is 1. The van der Waals surface area contributed by atoms with Crippen LogP contribution in [-0.2, 0) is 0 Å². The SMILES string of the molecule is O=C(c1ccc(F)cc1[N+](=O)[O-])N1C2CCC1CC(Cl)C2. The molecule has 1 amide bonds. The first kappa shape index (κ1) is 14.3. The minimum absolute atomic E-state index is 0.0309. The molecule has 2 atom stereocenters. The van der Waals surface area contributed by atoms with E-state index in [9.17, 15) is 19.3 Å². The molecular formula is C14H14ClFN2O3. The molecule has 0 aromatic heterocycles. The van der Waals surface area contributed by atoms with Crippen LogP contribution in [0.15, 0.2) is 18.2 Å². The average Bonchev–Trinajstić information content (AvgIpc) is 2.70. The number of halogens is 2. The lowest BCUT2D eigenvalue weighted by atomic mass is 10.0. The summed E-state index contributed by atoms with van der Waals surface area (Å²) in [4.78, 5) is 24.7. The van der Waals surface area contributed by atoms with Crippen molar-refractivity contribution in [3.63, 3.8) is 0 Å². The number of carbonyl (C=O) groups is 1. The summed E-state index contributed by atoms with van der Waals surface area (Å²) in [5, 5.41) is 11.1. The van der Waals surface area contributed by atoms with Crippen LogP contribution in [0.3, 0.4) is 0 Å². The Morgan fingerprint density at radius 1 is 1.33 bits per heavy atom. The van der Waals surface area contributed by atoms with E-state index in [1.165, 1.54) is 6.07 Å². The number of amides is 1. The summed E-state index contributed by atoms with van der Waals surface area (Å²) in [7, 11) is 0. The maximum absolute atomic E-state index is 13.2. The third kappa shape index (κ3) is 2.48. The van der Waals surface area contributed by atoms with Gasteiger partial charge in [0.25, 0.3) is 11.6 Å². The molecule has 0 radical (unpaired) electrons. The van der Waals surface area contributed by atoms with E-state index in [4.69, 9.17) is 11.6 Å². The second-order valence-electron chi connectivity index (χ2n) is 5.58. The molecule has 0 N–H and O–H groups in total. The third-order valence-corrected chi connectivity index (χ3v) is 4.65. The van der Waals surface area contributed by atoms with Crippen molar-refractivity contribution >= 4 is 23.2 Å². The quantitative estimate of drug-likeness (QED) is 0.479. The maximum atomic E-state index is 13.2. The Labute approximate surface area is 125 Å². The van der Waals surface area contributed by atoms with Crippen LogP contribution in [0.4, 0.5) is 10.1 Å². The van der Waals surface area contributed by atoms with Crippen molar-refractivity contribution in [2.45, 2.75) is 43.1 Å². The van der Waals surface area contributed by atoms with Crippen LogP contribution in [0.1, 0.15) is 36.0 Å². The standard InChI is InChI=1S/C14H14ClFN2O3/c15-8-5-10-2-3-11(6-8)17(10)14(19)12-4-1-9(16)7-13(12)18(20)21/h1,4,7-8,10-11H,2-3,5-6H2. The van der Waals surface area contributed by atoms with Gasteiger partial charge >= 0.3 is 0 Å². The van der Waals surface area contributed by atoms with E-state index in [2.05, 4.69) is 0 Å². The number of nitro groups is 1. The van der Waals surface area contributed by atoms with E-state index in [1.807, 2.05) is 0 Å². The van der Waals surface area contributed by atoms with E-state index >= 15 is 0 Å². The van der Waals surface area contributed by atoms with Gasteiger partial charge in [0.2, 0.25) is 0 Å². The van der Waals surface area contributed by atoms with Gasteiger partial charge in [0, 0.05) is 17.5 Å². The molecule has 2 saturated heterocycles. The summed E-state index contributed by atoms with van der Waals surface area (Å²) in [5.41, 5.74) is -0.529. The number of piperidine rings is 1. The van der Waals surface area contributed by atoms with Gasteiger partial charge in [-0.1, -0.05) is 0 Å². The van der Waals surface area contributed by atoms with E-state index < -0.39 is 22.3 Å². The van der Waals surface area contributed by atoms with Crippen LogP contribution in [0, 0.1) is 15.9 Å². The van der Waals surface area contributed by atoms with E-state index in [0.717, 1.165) is 25.0 Å². The highest BCUT2D eigenvalue weighted by Crippen LogP contribution is 2.39. The van der Waals surface area contributed by atoms with E-state index in [1.54, 1.807) is 4.90 Å². The van der Waals surface area contributed by atoms with Crippen LogP contribution >= 0.6 is 11.6 Å². The molecule has 0 spiro atoms. The Kier molecular flexibility index (Phi) is 3.57. The fourth-order valence-corrected chi connectivity index (χ4v) is 3.83. The predicted octanol–water partition coefficient (Wildman–Crippen LogP) is 3.11. The molecular weight excluding hydrogens is 299 g/mol. The molecule has 5 nitrogen and oxygen atoms in total. The van der Waals surface area contributed by atoms with Gasteiger partial charge in [-0.3, -0.25) is 14.9 Å². The van der Waals surface area contributed by atoms with Crippen molar-refractivity contribution < 1.29 is 14.1 Å². The third-order valence-electron chi connectivity index (χ3n) is 4.30. The zero-order valence-corrected chi connectivity index (χ0v) is 11.9. The molecule has 1 aromatic rings. The lowest BCUT2D eigenvalue weighted by Gasteiger charge is -2.37. The van der Waals surface area contributed by atoms with Crippen LogP contribution < -0.4 is 0 Å². The molecule has 7 heteroatoms. The first-order valence-electron chi connectivity index (χ1n) is 6.88. The molecule has 2 aliphatic rings. The average molecular weight is 313 g/mol. The van der Waals surface area contributed by atoms with Crippen molar-refractivity contribution in [3.05, 3.63) is 39.7 Å². The molecule has 112 valence electrons. The molecule has 2 fully saturated rings.